The Labute approximate surface area is 120 Å². The van der Waals surface area contributed by atoms with Gasteiger partial charge in [0.1, 0.15) is 6.54 Å². The first-order chi connectivity index (χ1) is 9.60. The molecule has 110 valence electrons. The number of rotatable bonds is 7. The lowest BCUT2D eigenvalue weighted by Crippen LogP contribution is -2.26. The third-order valence-corrected chi connectivity index (χ3v) is 3.30. The van der Waals surface area contributed by atoms with E-state index in [2.05, 4.69) is 59.3 Å². The number of hydrogen-bond donors (Lipinski definition) is 1. The van der Waals surface area contributed by atoms with Crippen molar-refractivity contribution >= 4 is 0 Å². The van der Waals surface area contributed by atoms with Crippen LogP contribution in [0.1, 0.15) is 50.6 Å². The van der Waals surface area contributed by atoms with E-state index in [0.717, 1.165) is 13.0 Å². The second kappa shape index (κ2) is 6.70. The molecule has 0 radical (unpaired) electrons. The number of nitrogens with one attached hydrogen (secondary N) is 1. The van der Waals surface area contributed by atoms with Crippen molar-refractivity contribution in [2.45, 2.75) is 46.7 Å². The van der Waals surface area contributed by atoms with E-state index in [9.17, 15) is 0 Å². The van der Waals surface area contributed by atoms with E-state index in [0.29, 0.717) is 30.3 Å². The SMILES string of the molecule is CCCNC(c1ccn(Cc2nnc(C)o2)c1)C(C)C. The molecule has 1 unspecified atom stereocenters. The standard InChI is InChI=1S/C15H24N4O/c1-5-7-16-15(11(2)3)13-6-8-19(9-13)10-14-18-17-12(4)20-14/h6,8-9,11,15-16H,5,7,10H2,1-4H3. The van der Waals surface area contributed by atoms with Crippen molar-refractivity contribution in [2.24, 2.45) is 5.92 Å². The fourth-order valence-corrected chi connectivity index (χ4v) is 2.34. The average molecular weight is 276 g/mol. The molecule has 1 atom stereocenters. The van der Waals surface area contributed by atoms with Gasteiger partial charge in [-0.1, -0.05) is 20.8 Å². The zero-order valence-electron chi connectivity index (χ0n) is 12.8. The Morgan fingerprint density at radius 1 is 1.35 bits per heavy atom. The van der Waals surface area contributed by atoms with E-state index in [-0.39, 0.29) is 0 Å². The summed E-state index contributed by atoms with van der Waals surface area (Å²) >= 11 is 0. The van der Waals surface area contributed by atoms with E-state index >= 15 is 0 Å². The molecule has 0 aliphatic rings. The summed E-state index contributed by atoms with van der Waals surface area (Å²) in [4.78, 5) is 0. The molecule has 0 bridgehead atoms. The molecule has 0 saturated heterocycles. The van der Waals surface area contributed by atoms with Gasteiger partial charge in [-0.15, -0.1) is 10.2 Å². The van der Waals surface area contributed by atoms with Gasteiger partial charge in [-0.05, 0) is 30.5 Å². The highest BCUT2D eigenvalue weighted by Gasteiger charge is 2.16. The monoisotopic (exact) mass is 276 g/mol. The lowest BCUT2D eigenvalue weighted by Gasteiger charge is -2.21. The predicted octanol–water partition coefficient (Wildman–Crippen LogP) is 2.92. The van der Waals surface area contributed by atoms with Crippen molar-refractivity contribution in [3.8, 4) is 0 Å². The summed E-state index contributed by atoms with van der Waals surface area (Å²) in [5.41, 5.74) is 1.31. The third kappa shape index (κ3) is 3.70. The molecule has 5 nitrogen and oxygen atoms in total. The van der Waals surface area contributed by atoms with Crippen LogP contribution in [0.15, 0.2) is 22.9 Å². The van der Waals surface area contributed by atoms with Crippen LogP contribution in [0.2, 0.25) is 0 Å². The molecule has 2 rings (SSSR count). The van der Waals surface area contributed by atoms with E-state index in [1.54, 1.807) is 6.92 Å². The first-order valence-electron chi connectivity index (χ1n) is 7.28. The zero-order valence-corrected chi connectivity index (χ0v) is 12.8. The highest BCUT2D eigenvalue weighted by atomic mass is 16.4. The number of aromatic nitrogens is 3. The van der Waals surface area contributed by atoms with Crippen molar-refractivity contribution in [2.75, 3.05) is 6.54 Å². The van der Waals surface area contributed by atoms with Crippen molar-refractivity contribution in [3.63, 3.8) is 0 Å². The van der Waals surface area contributed by atoms with Crippen molar-refractivity contribution < 1.29 is 4.42 Å². The van der Waals surface area contributed by atoms with Crippen LogP contribution in [0.4, 0.5) is 0 Å². The van der Waals surface area contributed by atoms with E-state index in [4.69, 9.17) is 4.42 Å². The van der Waals surface area contributed by atoms with Crippen LogP contribution < -0.4 is 5.32 Å². The first kappa shape index (κ1) is 14.8. The highest BCUT2D eigenvalue weighted by molar-refractivity contribution is 5.16. The fourth-order valence-electron chi connectivity index (χ4n) is 2.34. The summed E-state index contributed by atoms with van der Waals surface area (Å²) in [5.74, 6) is 1.81. The molecule has 0 aliphatic carbocycles. The molecule has 1 N–H and O–H groups in total. The van der Waals surface area contributed by atoms with Crippen LogP contribution in [0.25, 0.3) is 0 Å². The topological polar surface area (TPSA) is 55.9 Å². The van der Waals surface area contributed by atoms with Gasteiger partial charge in [0.25, 0.3) is 0 Å². The summed E-state index contributed by atoms with van der Waals surface area (Å²) in [6.07, 6.45) is 5.37. The minimum Gasteiger partial charge on any atom is -0.424 e. The maximum absolute atomic E-state index is 5.41. The average Bonchev–Trinajstić information content (AvgIpc) is 3.00. The minimum absolute atomic E-state index is 0.389. The molecule has 0 aromatic carbocycles. The Balaban J connectivity index is 2.06. The number of nitrogens with zero attached hydrogens (tertiary/aromatic N) is 3. The molecule has 0 saturated carbocycles. The Hall–Kier alpha value is -1.62. The molecular formula is C15H24N4O. The van der Waals surface area contributed by atoms with E-state index in [1.165, 1.54) is 5.56 Å². The normalized spacial score (nSPS) is 13.1. The second-order valence-corrected chi connectivity index (χ2v) is 5.51. The Bertz CT molecular complexity index is 529. The van der Waals surface area contributed by atoms with Crippen LogP contribution in [0.5, 0.6) is 0 Å². The molecule has 0 spiro atoms. The first-order valence-corrected chi connectivity index (χ1v) is 7.28. The van der Waals surface area contributed by atoms with E-state index in [1.807, 2.05) is 0 Å². The van der Waals surface area contributed by atoms with Crippen LogP contribution in [-0.4, -0.2) is 21.3 Å². The summed E-state index contributed by atoms with van der Waals surface area (Å²) in [6, 6.07) is 2.55. The van der Waals surface area contributed by atoms with Gasteiger partial charge in [-0.25, -0.2) is 0 Å². The second-order valence-electron chi connectivity index (χ2n) is 5.51. The van der Waals surface area contributed by atoms with Gasteiger partial charge in [0.2, 0.25) is 11.8 Å². The molecule has 0 aliphatic heterocycles. The molecule has 20 heavy (non-hydrogen) atoms. The Morgan fingerprint density at radius 3 is 2.75 bits per heavy atom. The van der Waals surface area contributed by atoms with Gasteiger partial charge in [0, 0.05) is 25.4 Å². The van der Waals surface area contributed by atoms with Gasteiger partial charge in [-0.3, -0.25) is 0 Å². The maximum atomic E-state index is 5.41. The third-order valence-electron chi connectivity index (χ3n) is 3.30. The van der Waals surface area contributed by atoms with Crippen molar-refractivity contribution in [3.05, 3.63) is 35.8 Å². The van der Waals surface area contributed by atoms with Crippen molar-refractivity contribution in [1.29, 1.82) is 0 Å². The molecular weight excluding hydrogens is 252 g/mol. The lowest BCUT2D eigenvalue weighted by molar-refractivity contribution is 0.411. The van der Waals surface area contributed by atoms with Gasteiger partial charge in [0.15, 0.2) is 0 Å². The maximum Gasteiger partial charge on any atom is 0.236 e. The highest BCUT2D eigenvalue weighted by Crippen LogP contribution is 2.22. The number of aryl methyl sites for hydroxylation is 1. The summed E-state index contributed by atoms with van der Waals surface area (Å²) in [5, 5.41) is 11.5. The summed E-state index contributed by atoms with van der Waals surface area (Å²) in [6.45, 7) is 10.1. The fraction of sp³-hybridized carbons (Fsp3) is 0.600. The Kier molecular flexibility index (Phi) is 4.95. The van der Waals surface area contributed by atoms with Gasteiger partial charge >= 0.3 is 0 Å². The van der Waals surface area contributed by atoms with Crippen LogP contribution in [-0.2, 0) is 6.54 Å². The van der Waals surface area contributed by atoms with Crippen LogP contribution in [0, 0.1) is 12.8 Å². The van der Waals surface area contributed by atoms with Crippen molar-refractivity contribution in [1.82, 2.24) is 20.1 Å². The number of hydrogen-bond acceptors (Lipinski definition) is 4. The van der Waals surface area contributed by atoms with Gasteiger partial charge in [0.05, 0.1) is 0 Å². The largest absolute Gasteiger partial charge is 0.424 e. The molecule has 5 heteroatoms. The van der Waals surface area contributed by atoms with Crippen LogP contribution >= 0.6 is 0 Å². The van der Waals surface area contributed by atoms with Gasteiger partial charge < -0.3 is 14.3 Å². The quantitative estimate of drug-likeness (QED) is 0.844. The molecule has 2 aromatic rings. The predicted molar refractivity (Wildman–Crippen MR) is 78.4 cm³/mol. The minimum atomic E-state index is 0.389. The molecule has 2 aromatic heterocycles. The zero-order chi connectivity index (χ0) is 14.5. The molecule has 0 fully saturated rings. The summed E-state index contributed by atoms with van der Waals surface area (Å²) in [7, 11) is 0. The smallest absolute Gasteiger partial charge is 0.236 e. The summed E-state index contributed by atoms with van der Waals surface area (Å²) < 4.78 is 7.50. The Morgan fingerprint density at radius 2 is 2.15 bits per heavy atom. The molecule has 0 amide bonds. The van der Waals surface area contributed by atoms with Gasteiger partial charge in [-0.2, -0.15) is 0 Å². The lowest BCUT2D eigenvalue weighted by atomic mass is 9.98. The van der Waals surface area contributed by atoms with Crippen LogP contribution in [0.3, 0.4) is 0 Å². The van der Waals surface area contributed by atoms with E-state index < -0.39 is 0 Å². The molecule has 2 heterocycles.